The van der Waals surface area contributed by atoms with Gasteiger partial charge in [0.1, 0.15) is 5.82 Å². The summed E-state index contributed by atoms with van der Waals surface area (Å²) in [5, 5.41) is 6.04. The zero-order chi connectivity index (χ0) is 23.3. The summed E-state index contributed by atoms with van der Waals surface area (Å²) in [6, 6.07) is 9.45. The molecule has 0 unspecified atom stereocenters. The number of carbonyl (C=O) groups excluding carboxylic acids is 1. The second-order valence-electron chi connectivity index (χ2n) is 6.50. The molecule has 0 radical (unpaired) electrons. The number of amides is 1. The molecule has 0 fully saturated rings. The minimum atomic E-state index is -4.87. The summed E-state index contributed by atoms with van der Waals surface area (Å²) >= 11 is 0. The number of ether oxygens (including phenoxy) is 3. The Morgan fingerprint density at radius 3 is 2.34 bits per heavy atom. The summed E-state index contributed by atoms with van der Waals surface area (Å²) in [5.41, 5.74) is -0.523. The minimum Gasteiger partial charge on any atom is -0.493 e. The first kappa shape index (κ1) is 22.9. The van der Waals surface area contributed by atoms with E-state index in [1.165, 1.54) is 14.2 Å². The molecule has 0 bridgehead atoms. The van der Waals surface area contributed by atoms with Crippen molar-refractivity contribution in [1.82, 2.24) is 15.1 Å². The average Bonchev–Trinajstić information content (AvgIpc) is 3.18. The van der Waals surface area contributed by atoms with Crippen LogP contribution < -0.4 is 19.5 Å². The fourth-order valence-electron chi connectivity index (χ4n) is 2.93. The summed E-state index contributed by atoms with van der Waals surface area (Å²) in [6.45, 7) is 0.0990. The van der Waals surface area contributed by atoms with Crippen LogP contribution in [0.3, 0.4) is 0 Å². The van der Waals surface area contributed by atoms with Gasteiger partial charge in [0.2, 0.25) is 0 Å². The van der Waals surface area contributed by atoms with E-state index in [0.717, 1.165) is 36.0 Å². The van der Waals surface area contributed by atoms with Crippen LogP contribution in [0.5, 0.6) is 17.2 Å². The van der Waals surface area contributed by atoms with Crippen LogP contribution in [0.15, 0.2) is 48.7 Å². The molecule has 2 aromatic carbocycles. The van der Waals surface area contributed by atoms with Crippen LogP contribution in [0.2, 0.25) is 0 Å². The van der Waals surface area contributed by atoms with E-state index in [-0.39, 0.29) is 12.2 Å². The van der Waals surface area contributed by atoms with Crippen LogP contribution in [-0.4, -0.2) is 36.6 Å². The van der Waals surface area contributed by atoms with Gasteiger partial charge in [-0.2, -0.15) is 18.3 Å². The lowest BCUT2D eigenvalue weighted by Crippen LogP contribution is -2.29. The lowest BCUT2D eigenvalue weighted by Gasteiger charge is -2.13. The molecule has 0 aliphatic heterocycles. The molecule has 0 spiro atoms. The van der Waals surface area contributed by atoms with Gasteiger partial charge >= 0.3 is 12.3 Å². The topological polar surface area (TPSA) is 74.6 Å². The quantitative estimate of drug-likeness (QED) is 0.538. The molecule has 1 N–H and O–H groups in total. The summed E-state index contributed by atoms with van der Waals surface area (Å²) < 4.78 is 69.6. The number of nitrogens with one attached hydrogen (secondary N) is 1. The van der Waals surface area contributed by atoms with Gasteiger partial charge < -0.3 is 19.5 Å². The average molecular weight is 453 g/mol. The van der Waals surface area contributed by atoms with Gasteiger partial charge in [-0.15, -0.1) is 0 Å². The summed E-state index contributed by atoms with van der Waals surface area (Å²) in [4.78, 5) is 12.1. The van der Waals surface area contributed by atoms with E-state index in [4.69, 9.17) is 14.2 Å². The third-order valence-electron chi connectivity index (χ3n) is 4.41. The van der Waals surface area contributed by atoms with Crippen LogP contribution in [0.4, 0.5) is 22.4 Å². The second-order valence-corrected chi connectivity index (χ2v) is 6.50. The van der Waals surface area contributed by atoms with E-state index in [1.807, 2.05) is 0 Å². The van der Waals surface area contributed by atoms with Crippen molar-refractivity contribution >= 4 is 6.09 Å². The van der Waals surface area contributed by atoms with Gasteiger partial charge in [-0.05, 0) is 48.4 Å². The number of benzene rings is 2. The Morgan fingerprint density at radius 2 is 1.72 bits per heavy atom. The van der Waals surface area contributed by atoms with E-state index in [9.17, 15) is 22.4 Å². The standard InChI is InChI=1S/C21H19F4N3O4/c1-30-16-8-3-13(11-17(16)31-2)9-10-26-20(29)32-18-12-27-28(19(18)21(23,24)25)15-6-4-14(22)5-7-15/h3-8,11-12H,9-10H2,1-2H3,(H,26,29). The van der Waals surface area contributed by atoms with Crippen molar-refractivity contribution in [3.8, 4) is 22.9 Å². The highest BCUT2D eigenvalue weighted by Crippen LogP contribution is 2.37. The molecule has 11 heteroatoms. The lowest BCUT2D eigenvalue weighted by atomic mass is 10.1. The number of nitrogens with zero attached hydrogens (tertiary/aromatic N) is 2. The zero-order valence-electron chi connectivity index (χ0n) is 17.1. The highest BCUT2D eigenvalue weighted by molar-refractivity contribution is 5.70. The number of alkyl halides is 3. The van der Waals surface area contributed by atoms with Gasteiger partial charge in [-0.1, -0.05) is 6.07 Å². The molecule has 1 amide bonds. The Balaban J connectivity index is 1.68. The molecule has 0 saturated heterocycles. The van der Waals surface area contributed by atoms with Crippen molar-refractivity contribution in [1.29, 1.82) is 0 Å². The van der Waals surface area contributed by atoms with Gasteiger partial charge in [0, 0.05) is 6.54 Å². The molecule has 32 heavy (non-hydrogen) atoms. The van der Waals surface area contributed by atoms with Crippen molar-refractivity contribution in [2.45, 2.75) is 12.6 Å². The van der Waals surface area contributed by atoms with E-state index < -0.39 is 29.5 Å². The van der Waals surface area contributed by atoms with E-state index >= 15 is 0 Å². The van der Waals surface area contributed by atoms with Crippen molar-refractivity contribution in [3.63, 3.8) is 0 Å². The van der Waals surface area contributed by atoms with Crippen molar-refractivity contribution in [2.75, 3.05) is 20.8 Å². The predicted molar refractivity (Wildman–Crippen MR) is 106 cm³/mol. The van der Waals surface area contributed by atoms with Gasteiger partial charge in [-0.3, -0.25) is 0 Å². The molecule has 1 aromatic heterocycles. The van der Waals surface area contributed by atoms with E-state index in [2.05, 4.69) is 10.4 Å². The Labute approximate surface area is 180 Å². The fourth-order valence-corrected chi connectivity index (χ4v) is 2.93. The van der Waals surface area contributed by atoms with Crippen LogP contribution in [0.25, 0.3) is 5.69 Å². The Morgan fingerprint density at radius 1 is 1.03 bits per heavy atom. The number of rotatable bonds is 7. The maximum atomic E-state index is 13.6. The molecule has 170 valence electrons. The predicted octanol–water partition coefficient (Wildman–Crippen LogP) is 4.38. The highest BCUT2D eigenvalue weighted by atomic mass is 19.4. The smallest absolute Gasteiger partial charge is 0.437 e. The van der Waals surface area contributed by atoms with Gasteiger partial charge in [0.05, 0.1) is 26.1 Å². The molecular weight excluding hydrogens is 434 g/mol. The number of aromatic nitrogens is 2. The molecule has 0 aliphatic rings. The third kappa shape index (κ3) is 5.29. The maximum Gasteiger partial charge on any atom is 0.437 e. The van der Waals surface area contributed by atoms with Crippen LogP contribution in [0.1, 0.15) is 11.3 Å². The first-order valence-electron chi connectivity index (χ1n) is 9.30. The third-order valence-corrected chi connectivity index (χ3v) is 4.41. The number of hydrogen-bond acceptors (Lipinski definition) is 5. The molecule has 3 rings (SSSR count). The monoisotopic (exact) mass is 453 g/mol. The normalized spacial score (nSPS) is 11.2. The molecular formula is C21H19F4N3O4. The van der Waals surface area contributed by atoms with Gasteiger partial charge in [0.25, 0.3) is 0 Å². The Bertz CT molecular complexity index is 1080. The highest BCUT2D eigenvalue weighted by Gasteiger charge is 2.40. The van der Waals surface area contributed by atoms with Crippen LogP contribution in [-0.2, 0) is 12.6 Å². The summed E-state index contributed by atoms with van der Waals surface area (Å²) in [7, 11) is 2.99. The molecule has 0 atom stereocenters. The summed E-state index contributed by atoms with van der Waals surface area (Å²) in [6.07, 6.45) is -4.80. The number of hydrogen-bond donors (Lipinski definition) is 1. The van der Waals surface area contributed by atoms with E-state index in [1.54, 1.807) is 18.2 Å². The number of halogens is 4. The van der Waals surface area contributed by atoms with E-state index in [0.29, 0.717) is 22.6 Å². The molecule has 0 saturated carbocycles. The molecule has 1 heterocycles. The molecule has 0 aliphatic carbocycles. The SMILES string of the molecule is COc1ccc(CCNC(=O)Oc2cnn(-c3ccc(F)cc3)c2C(F)(F)F)cc1OC. The van der Waals surface area contributed by atoms with Crippen LogP contribution >= 0.6 is 0 Å². The number of methoxy groups -OCH3 is 2. The Kier molecular flexibility index (Phi) is 6.86. The van der Waals surface area contributed by atoms with Crippen molar-refractivity contribution in [2.24, 2.45) is 0 Å². The van der Waals surface area contributed by atoms with Crippen molar-refractivity contribution in [3.05, 3.63) is 65.7 Å². The zero-order valence-corrected chi connectivity index (χ0v) is 17.1. The molecule has 3 aromatic rings. The summed E-state index contributed by atoms with van der Waals surface area (Å²) in [5.74, 6) is -0.331. The first-order chi connectivity index (χ1) is 15.2. The first-order valence-corrected chi connectivity index (χ1v) is 9.30. The van der Waals surface area contributed by atoms with Gasteiger partial charge in [-0.25, -0.2) is 13.9 Å². The van der Waals surface area contributed by atoms with Gasteiger partial charge in [0.15, 0.2) is 22.9 Å². The Hall–Kier alpha value is -3.76. The minimum absolute atomic E-state index is 0.0394. The maximum absolute atomic E-state index is 13.6. The largest absolute Gasteiger partial charge is 0.493 e. The molecule has 7 nitrogen and oxygen atoms in total. The second kappa shape index (κ2) is 9.58. The number of carbonyl (C=O) groups is 1. The fraction of sp³-hybridized carbons (Fsp3) is 0.238. The lowest BCUT2D eigenvalue weighted by molar-refractivity contribution is -0.143. The van der Waals surface area contributed by atoms with Crippen molar-refractivity contribution < 1.29 is 36.6 Å². The van der Waals surface area contributed by atoms with Crippen LogP contribution in [0, 0.1) is 5.82 Å².